The lowest BCUT2D eigenvalue weighted by atomic mass is 10.1. The van der Waals surface area contributed by atoms with Crippen LogP contribution >= 0.6 is 0 Å². The van der Waals surface area contributed by atoms with E-state index in [9.17, 15) is 9.18 Å². The summed E-state index contributed by atoms with van der Waals surface area (Å²) in [6.45, 7) is 3.52. The molecule has 15 heavy (non-hydrogen) atoms. The maximum Gasteiger partial charge on any atom is 0.326 e. The molecule has 6 heteroatoms. The highest BCUT2D eigenvalue weighted by atomic mass is 19.1. The maximum atomic E-state index is 12.5. The minimum absolute atomic E-state index is 0.109. The highest BCUT2D eigenvalue weighted by Crippen LogP contribution is 2.08. The summed E-state index contributed by atoms with van der Waals surface area (Å²) in [4.78, 5) is 18.1. The first-order valence-electron chi connectivity index (χ1n) is 4.47. The lowest BCUT2D eigenvalue weighted by Gasteiger charge is -2.17. The van der Waals surface area contributed by atoms with Crippen LogP contribution in [0.15, 0.2) is 12.4 Å². The van der Waals surface area contributed by atoms with Gasteiger partial charge in [-0.3, -0.25) is 0 Å². The molecule has 0 aliphatic heterocycles. The van der Waals surface area contributed by atoms with E-state index in [2.05, 4.69) is 15.3 Å². The maximum absolute atomic E-state index is 12.5. The molecule has 2 N–H and O–H groups in total. The average Bonchev–Trinajstić information content (AvgIpc) is 2.15. The van der Waals surface area contributed by atoms with Crippen molar-refractivity contribution >= 4 is 11.9 Å². The Balaban J connectivity index is 2.74. The molecule has 0 saturated heterocycles. The number of hydrogen-bond acceptors (Lipinski definition) is 4. The number of aliphatic carboxylic acids is 1. The predicted octanol–water partition coefficient (Wildman–Crippen LogP) is 1.14. The summed E-state index contributed by atoms with van der Waals surface area (Å²) in [7, 11) is 0. The van der Waals surface area contributed by atoms with Gasteiger partial charge in [0.1, 0.15) is 6.04 Å². The molecule has 0 radical (unpaired) electrons. The number of nitrogens with one attached hydrogen (secondary N) is 1. The van der Waals surface area contributed by atoms with Crippen molar-refractivity contribution in [2.75, 3.05) is 5.32 Å². The number of aromatic nitrogens is 2. The van der Waals surface area contributed by atoms with Crippen molar-refractivity contribution in [1.29, 1.82) is 0 Å². The van der Waals surface area contributed by atoms with Gasteiger partial charge in [-0.25, -0.2) is 19.2 Å². The van der Waals surface area contributed by atoms with Gasteiger partial charge < -0.3 is 10.4 Å². The molecule has 5 nitrogen and oxygen atoms in total. The molecule has 1 rings (SSSR count). The van der Waals surface area contributed by atoms with Crippen molar-refractivity contribution in [2.45, 2.75) is 19.9 Å². The van der Waals surface area contributed by atoms with E-state index < -0.39 is 17.8 Å². The zero-order valence-electron chi connectivity index (χ0n) is 8.44. The summed E-state index contributed by atoms with van der Waals surface area (Å²) in [5.74, 6) is -1.55. The minimum Gasteiger partial charge on any atom is -0.480 e. The van der Waals surface area contributed by atoms with Gasteiger partial charge in [0.15, 0.2) is 5.82 Å². The van der Waals surface area contributed by atoms with Crippen molar-refractivity contribution in [3.05, 3.63) is 18.2 Å². The molecule has 0 amide bonds. The van der Waals surface area contributed by atoms with Crippen LogP contribution in [0.2, 0.25) is 0 Å². The van der Waals surface area contributed by atoms with Crippen molar-refractivity contribution < 1.29 is 14.3 Å². The summed E-state index contributed by atoms with van der Waals surface area (Å²) >= 11 is 0. The minimum atomic E-state index is -0.988. The highest BCUT2D eigenvalue weighted by molar-refractivity contribution is 5.76. The third-order valence-electron chi connectivity index (χ3n) is 1.84. The summed E-state index contributed by atoms with van der Waals surface area (Å²) in [5.41, 5.74) is 0. The Morgan fingerprint density at radius 2 is 2.00 bits per heavy atom. The third-order valence-corrected chi connectivity index (χ3v) is 1.84. The van der Waals surface area contributed by atoms with E-state index in [-0.39, 0.29) is 11.9 Å². The van der Waals surface area contributed by atoms with Gasteiger partial charge in [-0.15, -0.1) is 0 Å². The van der Waals surface area contributed by atoms with Crippen LogP contribution in [0.4, 0.5) is 10.3 Å². The quantitative estimate of drug-likeness (QED) is 0.784. The molecule has 0 fully saturated rings. The fraction of sp³-hybridized carbons (Fsp3) is 0.444. The number of anilines is 1. The standard InChI is InChI=1S/C9H12FN3O2/c1-5(2)7(8(14)15)13-9-11-3-6(10)4-12-9/h3-5,7H,1-2H3,(H,14,15)(H,11,12,13)/t7-/m0/s1. The van der Waals surface area contributed by atoms with Gasteiger partial charge in [0.2, 0.25) is 5.95 Å². The summed E-state index contributed by atoms with van der Waals surface area (Å²) in [5, 5.41) is 11.5. The molecule has 1 aromatic heterocycles. The molecule has 1 heterocycles. The van der Waals surface area contributed by atoms with Crippen LogP contribution in [0.5, 0.6) is 0 Å². The van der Waals surface area contributed by atoms with E-state index >= 15 is 0 Å². The Morgan fingerprint density at radius 3 is 2.40 bits per heavy atom. The molecular formula is C9H12FN3O2. The molecule has 0 saturated carbocycles. The van der Waals surface area contributed by atoms with Crippen LogP contribution in [0.1, 0.15) is 13.8 Å². The predicted molar refractivity (Wildman–Crippen MR) is 51.9 cm³/mol. The highest BCUT2D eigenvalue weighted by Gasteiger charge is 2.21. The molecule has 0 aliphatic carbocycles. The second-order valence-electron chi connectivity index (χ2n) is 3.43. The van der Waals surface area contributed by atoms with Gasteiger partial charge in [-0.1, -0.05) is 13.8 Å². The first-order valence-corrected chi connectivity index (χ1v) is 4.47. The number of carboxylic acid groups (broad SMARTS) is 1. The molecule has 1 atom stereocenters. The van der Waals surface area contributed by atoms with Crippen LogP contribution in [-0.4, -0.2) is 27.1 Å². The lowest BCUT2D eigenvalue weighted by molar-refractivity contribution is -0.138. The van der Waals surface area contributed by atoms with Crippen LogP contribution in [0.25, 0.3) is 0 Å². The molecule has 0 spiro atoms. The molecule has 0 bridgehead atoms. The van der Waals surface area contributed by atoms with Gasteiger partial charge in [0.05, 0.1) is 12.4 Å². The van der Waals surface area contributed by atoms with E-state index in [1.807, 2.05) is 0 Å². The van der Waals surface area contributed by atoms with Crippen molar-refractivity contribution in [2.24, 2.45) is 5.92 Å². The van der Waals surface area contributed by atoms with Crippen molar-refractivity contribution in [1.82, 2.24) is 9.97 Å². The topological polar surface area (TPSA) is 75.1 Å². The lowest BCUT2D eigenvalue weighted by Crippen LogP contribution is -2.34. The van der Waals surface area contributed by atoms with Crippen molar-refractivity contribution in [3.8, 4) is 0 Å². The Labute approximate surface area is 86.4 Å². The Morgan fingerprint density at radius 1 is 1.47 bits per heavy atom. The SMILES string of the molecule is CC(C)[C@H](Nc1ncc(F)cn1)C(=O)O. The molecule has 0 aromatic carbocycles. The first kappa shape index (κ1) is 11.4. The van der Waals surface area contributed by atoms with Gasteiger partial charge in [0.25, 0.3) is 0 Å². The second-order valence-corrected chi connectivity index (χ2v) is 3.43. The van der Waals surface area contributed by atoms with Gasteiger partial charge in [0, 0.05) is 0 Å². The number of hydrogen-bond donors (Lipinski definition) is 2. The van der Waals surface area contributed by atoms with E-state index in [1.165, 1.54) is 0 Å². The van der Waals surface area contributed by atoms with Gasteiger partial charge in [-0.2, -0.15) is 0 Å². The average molecular weight is 213 g/mol. The first-order chi connectivity index (χ1) is 7.00. The number of carboxylic acids is 1. The number of halogens is 1. The third kappa shape index (κ3) is 3.16. The molecule has 82 valence electrons. The van der Waals surface area contributed by atoms with Crippen LogP contribution in [-0.2, 0) is 4.79 Å². The summed E-state index contributed by atoms with van der Waals surface area (Å²) < 4.78 is 12.5. The fourth-order valence-corrected chi connectivity index (χ4v) is 1.04. The normalized spacial score (nSPS) is 12.5. The van der Waals surface area contributed by atoms with E-state index in [0.717, 1.165) is 12.4 Å². The number of carbonyl (C=O) groups is 1. The van der Waals surface area contributed by atoms with Crippen LogP contribution < -0.4 is 5.32 Å². The zero-order valence-corrected chi connectivity index (χ0v) is 8.44. The Kier molecular flexibility index (Phi) is 3.54. The van der Waals surface area contributed by atoms with E-state index in [1.54, 1.807) is 13.8 Å². The van der Waals surface area contributed by atoms with Gasteiger partial charge in [-0.05, 0) is 5.92 Å². The number of nitrogens with zero attached hydrogens (tertiary/aromatic N) is 2. The van der Waals surface area contributed by atoms with Crippen LogP contribution in [0.3, 0.4) is 0 Å². The largest absolute Gasteiger partial charge is 0.480 e. The smallest absolute Gasteiger partial charge is 0.326 e. The molecule has 0 unspecified atom stereocenters. The summed E-state index contributed by atoms with van der Waals surface area (Å²) in [6.07, 6.45) is 1.96. The van der Waals surface area contributed by atoms with E-state index in [4.69, 9.17) is 5.11 Å². The summed E-state index contributed by atoms with van der Waals surface area (Å²) in [6, 6.07) is -0.782. The second kappa shape index (κ2) is 4.68. The van der Waals surface area contributed by atoms with E-state index in [0.29, 0.717) is 0 Å². The molecular weight excluding hydrogens is 201 g/mol. The van der Waals surface area contributed by atoms with Crippen LogP contribution in [0, 0.1) is 11.7 Å². The molecule has 0 aliphatic rings. The Bertz CT molecular complexity index is 340. The Hall–Kier alpha value is -1.72. The monoisotopic (exact) mass is 213 g/mol. The number of rotatable bonds is 4. The zero-order chi connectivity index (χ0) is 11.4. The molecule has 1 aromatic rings. The van der Waals surface area contributed by atoms with Crippen molar-refractivity contribution in [3.63, 3.8) is 0 Å². The van der Waals surface area contributed by atoms with Gasteiger partial charge >= 0.3 is 5.97 Å². The fourth-order valence-electron chi connectivity index (χ4n) is 1.04.